The molecule has 8 heteroatoms. The molecule has 7 nitrogen and oxygen atoms in total. The standard InChI is InChI=1S/C19H13FN4O3.C2H6/c20-17-4-2-13(24(26)27)7-15(17)12-6-16(18(21)22-8-12)10-1-3-14-11(5-10)9-23-19(14)25;1-2/h1-8H,9H2,(H2,21,22)(H,23,25);1-2H3. The van der Waals surface area contributed by atoms with Gasteiger partial charge in [0.2, 0.25) is 0 Å². The molecule has 0 bridgehead atoms. The van der Waals surface area contributed by atoms with Crippen molar-refractivity contribution in [2.75, 3.05) is 5.73 Å². The van der Waals surface area contributed by atoms with Gasteiger partial charge in [0.25, 0.3) is 11.6 Å². The van der Waals surface area contributed by atoms with Gasteiger partial charge in [-0.2, -0.15) is 0 Å². The summed E-state index contributed by atoms with van der Waals surface area (Å²) in [6.07, 6.45) is 1.37. The molecular formula is C21H19FN4O3. The van der Waals surface area contributed by atoms with E-state index < -0.39 is 10.7 Å². The van der Waals surface area contributed by atoms with Gasteiger partial charge >= 0.3 is 0 Å². The van der Waals surface area contributed by atoms with Crippen molar-refractivity contribution in [3.8, 4) is 22.3 Å². The first kappa shape index (κ1) is 19.9. The number of anilines is 1. The van der Waals surface area contributed by atoms with Crippen molar-refractivity contribution in [2.45, 2.75) is 20.4 Å². The van der Waals surface area contributed by atoms with Gasteiger partial charge in [0.1, 0.15) is 11.6 Å². The van der Waals surface area contributed by atoms with E-state index in [0.29, 0.717) is 23.2 Å². The van der Waals surface area contributed by atoms with Crippen LogP contribution in [0.5, 0.6) is 0 Å². The second-order valence-electron chi connectivity index (χ2n) is 6.13. The first-order chi connectivity index (χ1) is 13.9. The van der Waals surface area contributed by atoms with Crippen LogP contribution in [0.1, 0.15) is 29.8 Å². The van der Waals surface area contributed by atoms with Crippen molar-refractivity contribution in [1.82, 2.24) is 10.3 Å². The minimum atomic E-state index is -0.595. The molecule has 0 radical (unpaired) electrons. The fourth-order valence-corrected chi connectivity index (χ4v) is 3.10. The van der Waals surface area contributed by atoms with E-state index >= 15 is 0 Å². The van der Waals surface area contributed by atoms with Crippen molar-refractivity contribution < 1.29 is 14.1 Å². The summed E-state index contributed by atoms with van der Waals surface area (Å²) in [7, 11) is 0. The van der Waals surface area contributed by atoms with Gasteiger partial charge in [-0.1, -0.05) is 19.9 Å². The number of non-ortho nitro benzene ring substituents is 1. The molecule has 0 atom stereocenters. The lowest BCUT2D eigenvalue weighted by molar-refractivity contribution is -0.384. The molecule has 1 aromatic heterocycles. The van der Waals surface area contributed by atoms with Crippen LogP contribution in [-0.2, 0) is 6.54 Å². The van der Waals surface area contributed by atoms with Crippen LogP contribution in [0.3, 0.4) is 0 Å². The Kier molecular flexibility index (Phi) is 5.54. The SMILES string of the molecule is CC.Nc1ncc(-c2cc([N+](=O)[O-])ccc2F)cc1-c1ccc2c(c1)CNC2=O. The number of hydrogen-bond donors (Lipinski definition) is 2. The van der Waals surface area contributed by atoms with Gasteiger partial charge in [-0.25, -0.2) is 9.37 Å². The average molecular weight is 394 g/mol. The van der Waals surface area contributed by atoms with Crippen molar-refractivity contribution in [2.24, 2.45) is 0 Å². The number of nitro groups is 1. The molecule has 0 fully saturated rings. The molecule has 4 rings (SSSR count). The summed E-state index contributed by atoms with van der Waals surface area (Å²) in [5, 5.41) is 13.7. The maximum atomic E-state index is 14.2. The number of carbonyl (C=O) groups excluding carboxylic acids is 1. The maximum Gasteiger partial charge on any atom is 0.270 e. The number of hydrogen-bond acceptors (Lipinski definition) is 5. The van der Waals surface area contributed by atoms with Gasteiger partial charge in [-0.05, 0) is 35.4 Å². The van der Waals surface area contributed by atoms with E-state index in [-0.39, 0.29) is 23.0 Å². The number of pyridine rings is 1. The summed E-state index contributed by atoms with van der Waals surface area (Å²) in [6.45, 7) is 4.43. The van der Waals surface area contributed by atoms with Gasteiger partial charge in [0.15, 0.2) is 0 Å². The minimum Gasteiger partial charge on any atom is -0.383 e. The molecule has 2 aromatic carbocycles. The van der Waals surface area contributed by atoms with Gasteiger partial charge in [0.05, 0.1) is 4.92 Å². The average Bonchev–Trinajstić information content (AvgIpc) is 3.10. The van der Waals surface area contributed by atoms with Crippen LogP contribution < -0.4 is 11.1 Å². The first-order valence-electron chi connectivity index (χ1n) is 9.05. The number of amides is 1. The third-order valence-corrected chi connectivity index (χ3v) is 4.49. The summed E-state index contributed by atoms with van der Waals surface area (Å²) in [5.74, 6) is -0.487. The Balaban J connectivity index is 0.00000117. The topological polar surface area (TPSA) is 111 Å². The van der Waals surface area contributed by atoms with Crippen molar-refractivity contribution >= 4 is 17.4 Å². The fourth-order valence-electron chi connectivity index (χ4n) is 3.10. The van der Waals surface area contributed by atoms with Gasteiger partial charge in [0, 0.05) is 47.1 Å². The highest BCUT2D eigenvalue weighted by atomic mass is 19.1. The first-order valence-corrected chi connectivity index (χ1v) is 9.05. The Bertz CT molecular complexity index is 1120. The molecule has 0 saturated heterocycles. The third kappa shape index (κ3) is 3.77. The van der Waals surface area contributed by atoms with Crippen LogP contribution in [0.2, 0.25) is 0 Å². The van der Waals surface area contributed by atoms with Crippen molar-refractivity contribution in [1.29, 1.82) is 0 Å². The number of nitrogens with zero attached hydrogens (tertiary/aromatic N) is 2. The lowest BCUT2D eigenvalue weighted by Gasteiger charge is -2.10. The van der Waals surface area contributed by atoms with Crippen LogP contribution in [0, 0.1) is 15.9 Å². The van der Waals surface area contributed by atoms with E-state index in [0.717, 1.165) is 29.3 Å². The van der Waals surface area contributed by atoms with Gasteiger partial charge in [-0.15, -0.1) is 0 Å². The number of fused-ring (bicyclic) bond motifs is 1. The van der Waals surface area contributed by atoms with Crippen molar-refractivity contribution in [3.63, 3.8) is 0 Å². The number of benzene rings is 2. The van der Waals surface area contributed by atoms with Crippen molar-refractivity contribution in [3.05, 3.63) is 75.7 Å². The smallest absolute Gasteiger partial charge is 0.270 e. The largest absolute Gasteiger partial charge is 0.383 e. The molecule has 0 aliphatic carbocycles. The van der Waals surface area contributed by atoms with Crippen LogP contribution in [-0.4, -0.2) is 15.8 Å². The monoisotopic (exact) mass is 394 g/mol. The highest BCUT2D eigenvalue weighted by Gasteiger charge is 2.20. The van der Waals surface area contributed by atoms with E-state index in [4.69, 9.17) is 5.73 Å². The molecule has 29 heavy (non-hydrogen) atoms. The fraction of sp³-hybridized carbons (Fsp3) is 0.143. The summed E-state index contributed by atoms with van der Waals surface area (Å²) in [6, 6.07) is 10.2. The number of nitrogens with two attached hydrogens (primary N) is 1. The van der Waals surface area contributed by atoms with E-state index in [2.05, 4.69) is 10.3 Å². The molecule has 3 aromatic rings. The normalized spacial score (nSPS) is 11.9. The molecule has 1 aliphatic rings. The zero-order chi connectivity index (χ0) is 21.1. The number of aromatic nitrogens is 1. The van der Waals surface area contributed by atoms with Crippen LogP contribution in [0.15, 0.2) is 48.7 Å². The number of rotatable bonds is 3. The molecule has 148 valence electrons. The molecule has 0 saturated carbocycles. The lowest BCUT2D eigenvalue weighted by atomic mass is 9.97. The second-order valence-corrected chi connectivity index (χ2v) is 6.13. The Hall–Kier alpha value is -3.81. The predicted molar refractivity (Wildman–Crippen MR) is 109 cm³/mol. The summed E-state index contributed by atoms with van der Waals surface area (Å²) >= 11 is 0. The Morgan fingerprint density at radius 3 is 2.55 bits per heavy atom. The molecule has 2 heterocycles. The summed E-state index contributed by atoms with van der Waals surface area (Å²) < 4.78 is 14.2. The predicted octanol–water partition coefficient (Wildman–Crippen LogP) is 4.31. The maximum absolute atomic E-state index is 14.2. The van der Waals surface area contributed by atoms with E-state index in [1.165, 1.54) is 6.20 Å². The quantitative estimate of drug-likeness (QED) is 0.508. The van der Waals surface area contributed by atoms with Gasteiger partial charge < -0.3 is 11.1 Å². The number of carbonyl (C=O) groups is 1. The zero-order valence-electron chi connectivity index (χ0n) is 15.9. The van der Waals surface area contributed by atoms with Crippen LogP contribution in [0.25, 0.3) is 22.3 Å². The Labute approximate surface area is 166 Å². The molecule has 1 aliphatic heterocycles. The molecule has 0 unspecified atom stereocenters. The number of nitrogens with one attached hydrogen (secondary N) is 1. The van der Waals surface area contributed by atoms with Gasteiger partial charge in [-0.3, -0.25) is 14.9 Å². The third-order valence-electron chi connectivity index (χ3n) is 4.49. The Morgan fingerprint density at radius 1 is 1.07 bits per heavy atom. The summed E-state index contributed by atoms with van der Waals surface area (Å²) in [5.41, 5.74) is 8.93. The zero-order valence-corrected chi connectivity index (χ0v) is 15.9. The number of nitrogen functional groups attached to an aromatic ring is 1. The van der Waals surface area contributed by atoms with E-state index in [1.54, 1.807) is 18.2 Å². The Morgan fingerprint density at radius 2 is 1.83 bits per heavy atom. The van der Waals surface area contributed by atoms with Crippen LogP contribution in [0.4, 0.5) is 15.9 Å². The molecular weight excluding hydrogens is 375 g/mol. The van der Waals surface area contributed by atoms with Crippen LogP contribution >= 0.6 is 0 Å². The lowest BCUT2D eigenvalue weighted by Crippen LogP contribution is -2.12. The summed E-state index contributed by atoms with van der Waals surface area (Å²) in [4.78, 5) is 26.2. The number of halogens is 1. The van der Waals surface area contributed by atoms with E-state index in [9.17, 15) is 19.3 Å². The molecule has 3 N–H and O–H groups in total. The van der Waals surface area contributed by atoms with E-state index in [1.807, 2.05) is 19.9 Å². The molecule has 0 spiro atoms. The number of nitro benzene ring substituents is 1. The molecule has 1 amide bonds. The highest BCUT2D eigenvalue weighted by molar-refractivity contribution is 5.99. The minimum absolute atomic E-state index is 0.0657. The highest BCUT2D eigenvalue weighted by Crippen LogP contribution is 2.33. The second kappa shape index (κ2) is 8.05.